The fourth-order valence-electron chi connectivity index (χ4n) is 0.521. The van der Waals surface area contributed by atoms with E-state index in [4.69, 9.17) is 5.11 Å². The van der Waals surface area contributed by atoms with Gasteiger partial charge < -0.3 is 14.6 Å². The van der Waals surface area contributed by atoms with Crippen molar-refractivity contribution in [3.63, 3.8) is 0 Å². The van der Waals surface area contributed by atoms with Gasteiger partial charge in [-0.25, -0.2) is 9.59 Å². The van der Waals surface area contributed by atoms with Crippen LogP contribution in [0.15, 0.2) is 24.8 Å². The molecule has 5 heteroatoms. The number of hydrogen-bond acceptors (Lipinski definition) is 5. The average Bonchev–Trinajstić information content (AvgIpc) is 2.26. The van der Waals surface area contributed by atoms with Crippen LogP contribution in [0, 0.1) is 0 Å². The second-order valence-electron chi connectivity index (χ2n) is 3.18. The van der Waals surface area contributed by atoms with Gasteiger partial charge in [-0.2, -0.15) is 0 Å². The van der Waals surface area contributed by atoms with Gasteiger partial charge in [0, 0.05) is 11.6 Å². The maximum Gasteiger partial charge on any atom is 0.333 e. The summed E-state index contributed by atoms with van der Waals surface area (Å²) in [5.74, 6) is -0.816. The maximum absolute atomic E-state index is 10.6. The maximum atomic E-state index is 10.6. The van der Waals surface area contributed by atoms with Crippen LogP contribution in [0.5, 0.6) is 0 Å². The van der Waals surface area contributed by atoms with Gasteiger partial charge in [0.1, 0.15) is 6.61 Å². The van der Waals surface area contributed by atoms with E-state index in [0.717, 1.165) is 6.08 Å². The Morgan fingerprint density at radius 3 is 2.18 bits per heavy atom. The highest BCUT2D eigenvalue weighted by Gasteiger charge is 2.03. The molecular weight excluding hydrogens is 224 g/mol. The number of aliphatic hydroxyl groups is 1. The molecule has 0 rings (SSSR count). The van der Waals surface area contributed by atoms with Gasteiger partial charge in [0.25, 0.3) is 0 Å². The number of rotatable bonds is 5. The number of aliphatic hydroxyl groups excluding tert-OH is 1. The number of carbonyl (C=O) groups is 2. The van der Waals surface area contributed by atoms with E-state index in [2.05, 4.69) is 22.6 Å². The standard InChI is InChI=1S/C7H12O3.C5H8O2/c1-5(2)7(9)10-4-6(3)8;1-3-5(6)7-4-2/h6,8H,1,4H2,2-3H3;3H,1,4H2,2H3. The lowest BCUT2D eigenvalue weighted by atomic mass is 10.3. The Morgan fingerprint density at radius 1 is 1.41 bits per heavy atom. The number of carbonyl (C=O) groups excluding carboxylic acids is 2. The zero-order chi connectivity index (χ0) is 13.8. The summed E-state index contributed by atoms with van der Waals surface area (Å²) in [5, 5.41) is 8.68. The van der Waals surface area contributed by atoms with Gasteiger partial charge in [-0.3, -0.25) is 0 Å². The van der Waals surface area contributed by atoms with Crippen LogP contribution in [0.3, 0.4) is 0 Å². The Kier molecular flexibility index (Phi) is 11.4. The van der Waals surface area contributed by atoms with Crippen LogP contribution in [0.25, 0.3) is 0 Å². The van der Waals surface area contributed by atoms with Crippen LogP contribution in [-0.2, 0) is 19.1 Å². The van der Waals surface area contributed by atoms with E-state index in [-0.39, 0.29) is 12.6 Å². The molecule has 0 aliphatic rings. The van der Waals surface area contributed by atoms with Crippen molar-refractivity contribution in [3.05, 3.63) is 24.8 Å². The van der Waals surface area contributed by atoms with Gasteiger partial charge in [-0.15, -0.1) is 0 Å². The van der Waals surface area contributed by atoms with Crippen LogP contribution >= 0.6 is 0 Å². The second-order valence-corrected chi connectivity index (χ2v) is 3.18. The van der Waals surface area contributed by atoms with Crippen molar-refractivity contribution < 1.29 is 24.2 Å². The van der Waals surface area contributed by atoms with E-state index in [1.54, 1.807) is 20.8 Å². The van der Waals surface area contributed by atoms with Crippen molar-refractivity contribution in [3.8, 4) is 0 Å². The molecule has 5 nitrogen and oxygen atoms in total. The van der Waals surface area contributed by atoms with E-state index in [1.807, 2.05) is 0 Å². The molecule has 1 atom stereocenters. The Bertz CT molecular complexity index is 268. The first kappa shape index (κ1) is 17.8. The van der Waals surface area contributed by atoms with E-state index in [0.29, 0.717) is 12.2 Å². The van der Waals surface area contributed by atoms with Gasteiger partial charge in [-0.05, 0) is 20.8 Å². The van der Waals surface area contributed by atoms with Gasteiger partial charge in [-0.1, -0.05) is 13.2 Å². The van der Waals surface area contributed by atoms with Gasteiger partial charge >= 0.3 is 11.9 Å². The minimum Gasteiger partial charge on any atom is -0.463 e. The summed E-state index contributed by atoms with van der Waals surface area (Å²) in [7, 11) is 0. The third-order valence-electron chi connectivity index (χ3n) is 1.26. The SMILES string of the molecule is C=C(C)C(=O)OCC(C)O.C=CC(=O)OCC. The Hall–Kier alpha value is -1.62. The lowest BCUT2D eigenvalue weighted by molar-refractivity contribution is -0.141. The summed E-state index contributed by atoms with van der Waals surface area (Å²) in [4.78, 5) is 20.7. The number of esters is 2. The third kappa shape index (κ3) is 14.4. The van der Waals surface area contributed by atoms with Gasteiger partial charge in [0.05, 0.1) is 12.7 Å². The molecule has 0 bridgehead atoms. The topological polar surface area (TPSA) is 72.8 Å². The Balaban J connectivity index is 0. The summed E-state index contributed by atoms with van der Waals surface area (Å²) >= 11 is 0. The summed E-state index contributed by atoms with van der Waals surface area (Å²) in [5.41, 5.74) is 0.348. The first-order valence-corrected chi connectivity index (χ1v) is 5.15. The van der Waals surface area contributed by atoms with Crippen LogP contribution < -0.4 is 0 Å². The van der Waals surface area contributed by atoms with Crippen LogP contribution in [0.4, 0.5) is 0 Å². The van der Waals surface area contributed by atoms with Gasteiger partial charge in [0.2, 0.25) is 0 Å². The van der Waals surface area contributed by atoms with Crippen LogP contribution in [-0.4, -0.2) is 36.4 Å². The quantitative estimate of drug-likeness (QED) is 0.581. The predicted octanol–water partition coefficient (Wildman–Crippen LogP) is 1.22. The van der Waals surface area contributed by atoms with Crippen LogP contribution in [0.2, 0.25) is 0 Å². The van der Waals surface area contributed by atoms with E-state index >= 15 is 0 Å². The molecule has 0 aromatic heterocycles. The van der Waals surface area contributed by atoms with Gasteiger partial charge in [0.15, 0.2) is 0 Å². The molecular formula is C12H20O5. The highest BCUT2D eigenvalue weighted by molar-refractivity contribution is 5.86. The first-order valence-electron chi connectivity index (χ1n) is 5.15. The van der Waals surface area contributed by atoms with E-state index in [1.165, 1.54) is 0 Å². The average molecular weight is 244 g/mol. The van der Waals surface area contributed by atoms with Crippen molar-refractivity contribution in [1.82, 2.24) is 0 Å². The molecule has 0 spiro atoms. The Labute approximate surface area is 102 Å². The lowest BCUT2D eigenvalue weighted by Crippen LogP contribution is -2.15. The minimum atomic E-state index is -0.608. The second kappa shape index (κ2) is 10.9. The van der Waals surface area contributed by atoms with Crippen molar-refractivity contribution in [1.29, 1.82) is 0 Å². The van der Waals surface area contributed by atoms with Crippen LogP contribution in [0.1, 0.15) is 20.8 Å². The highest BCUT2D eigenvalue weighted by Crippen LogP contribution is 1.92. The van der Waals surface area contributed by atoms with Crippen molar-refractivity contribution in [2.75, 3.05) is 13.2 Å². The zero-order valence-electron chi connectivity index (χ0n) is 10.6. The number of hydrogen-bond donors (Lipinski definition) is 1. The fraction of sp³-hybridized carbons (Fsp3) is 0.500. The fourth-order valence-corrected chi connectivity index (χ4v) is 0.521. The minimum absolute atomic E-state index is 0.0334. The zero-order valence-corrected chi connectivity index (χ0v) is 10.6. The Morgan fingerprint density at radius 2 is 1.94 bits per heavy atom. The number of ether oxygens (including phenoxy) is 2. The molecule has 0 amide bonds. The molecule has 0 aromatic rings. The molecule has 0 fully saturated rings. The predicted molar refractivity (Wildman–Crippen MR) is 64.3 cm³/mol. The molecule has 1 unspecified atom stereocenters. The third-order valence-corrected chi connectivity index (χ3v) is 1.26. The molecule has 0 aliphatic carbocycles. The van der Waals surface area contributed by atoms with E-state index in [9.17, 15) is 9.59 Å². The summed E-state index contributed by atoms with van der Waals surface area (Å²) in [6.45, 7) is 11.9. The molecule has 98 valence electrons. The monoisotopic (exact) mass is 244 g/mol. The molecule has 0 aromatic carbocycles. The van der Waals surface area contributed by atoms with E-state index < -0.39 is 12.1 Å². The van der Waals surface area contributed by atoms with Crippen molar-refractivity contribution in [2.45, 2.75) is 26.9 Å². The van der Waals surface area contributed by atoms with Crippen molar-refractivity contribution >= 4 is 11.9 Å². The normalized spacial score (nSPS) is 10.4. The molecule has 0 saturated carbocycles. The molecule has 0 heterocycles. The molecule has 17 heavy (non-hydrogen) atoms. The first-order chi connectivity index (χ1) is 7.84. The largest absolute Gasteiger partial charge is 0.463 e. The molecule has 0 radical (unpaired) electrons. The summed E-state index contributed by atoms with van der Waals surface area (Å²) < 4.78 is 9.01. The summed E-state index contributed by atoms with van der Waals surface area (Å²) in [6, 6.07) is 0. The molecule has 0 saturated heterocycles. The molecule has 0 aliphatic heterocycles. The smallest absolute Gasteiger partial charge is 0.333 e. The highest BCUT2D eigenvalue weighted by atomic mass is 16.5. The molecule has 1 N–H and O–H groups in total. The summed E-state index contributed by atoms with van der Waals surface area (Å²) in [6.07, 6.45) is 0.534. The lowest BCUT2D eigenvalue weighted by Gasteiger charge is -2.04. The van der Waals surface area contributed by atoms with Crippen molar-refractivity contribution in [2.24, 2.45) is 0 Å².